The van der Waals surface area contributed by atoms with E-state index in [2.05, 4.69) is 5.32 Å². The Morgan fingerprint density at radius 1 is 1.20 bits per heavy atom. The highest BCUT2D eigenvalue weighted by Crippen LogP contribution is 2.26. The lowest BCUT2D eigenvalue weighted by Gasteiger charge is -2.12. The van der Waals surface area contributed by atoms with Crippen LogP contribution in [0, 0.1) is 0 Å². The third-order valence-electron chi connectivity index (χ3n) is 4.14. The summed E-state index contributed by atoms with van der Waals surface area (Å²) >= 11 is 1.57. The molecular formula is C19H21NO4S. The molecule has 3 rings (SSSR count). The summed E-state index contributed by atoms with van der Waals surface area (Å²) < 4.78 is 10.4. The average molecular weight is 359 g/mol. The van der Waals surface area contributed by atoms with Gasteiger partial charge in [0.2, 0.25) is 0 Å². The van der Waals surface area contributed by atoms with Crippen molar-refractivity contribution < 1.29 is 19.1 Å². The van der Waals surface area contributed by atoms with Crippen molar-refractivity contribution in [1.82, 2.24) is 5.32 Å². The zero-order valence-electron chi connectivity index (χ0n) is 14.1. The van der Waals surface area contributed by atoms with E-state index in [1.54, 1.807) is 11.3 Å². The van der Waals surface area contributed by atoms with E-state index in [1.807, 2.05) is 42.6 Å². The number of ether oxygens (including phenoxy) is 2. The number of carbonyl (C=O) groups excluding carboxylic acids is 2. The molecule has 0 aliphatic heterocycles. The molecule has 1 aliphatic rings. The van der Waals surface area contributed by atoms with Gasteiger partial charge < -0.3 is 14.8 Å². The van der Waals surface area contributed by atoms with Crippen molar-refractivity contribution in [1.29, 1.82) is 0 Å². The molecule has 0 saturated heterocycles. The maximum Gasteiger partial charge on any atom is 0.344 e. The Morgan fingerprint density at radius 3 is 2.84 bits per heavy atom. The summed E-state index contributed by atoms with van der Waals surface area (Å²) in [6.07, 6.45) is 3.33. The van der Waals surface area contributed by atoms with Crippen molar-refractivity contribution >= 4 is 23.2 Å². The lowest BCUT2D eigenvalue weighted by atomic mass is 10.1. The molecule has 1 aromatic heterocycles. The van der Waals surface area contributed by atoms with Gasteiger partial charge in [0.25, 0.3) is 5.91 Å². The highest BCUT2D eigenvalue weighted by Gasteiger charge is 2.14. The molecule has 1 atom stereocenters. The summed E-state index contributed by atoms with van der Waals surface area (Å²) in [7, 11) is 0. The molecule has 1 aliphatic carbocycles. The van der Waals surface area contributed by atoms with Crippen LogP contribution >= 0.6 is 11.3 Å². The molecule has 25 heavy (non-hydrogen) atoms. The third-order valence-corrected chi connectivity index (χ3v) is 5.19. The minimum absolute atomic E-state index is 0.103. The maximum atomic E-state index is 11.8. The summed E-state index contributed by atoms with van der Waals surface area (Å²) in [5, 5.41) is 4.75. The van der Waals surface area contributed by atoms with Gasteiger partial charge in [0.15, 0.2) is 13.2 Å². The number of esters is 1. The molecule has 2 aromatic rings. The van der Waals surface area contributed by atoms with E-state index in [-0.39, 0.29) is 25.2 Å². The van der Waals surface area contributed by atoms with Gasteiger partial charge in [0, 0.05) is 4.88 Å². The first-order valence-corrected chi connectivity index (χ1v) is 9.23. The number of benzene rings is 1. The quantitative estimate of drug-likeness (QED) is 0.772. The fourth-order valence-electron chi connectivity index (χ4n) is 2.86. The first-order valence-electron chi connectivity index (χ1n) is 8.35. The SMILES string of the molecule is C[C@H](NC(=O)COC(=O)COc1ccc2c(c1)CCC2)c1cccs1. The van der Waals surface area contributed by atoms with Gasteiger partial charge in [-0.15, -0.1) is 11.3 Å². The predicted molar refractivity (Wildman–Crippen MR) is 95.8 cm³/mol. The molecule has 1 aromatic carbocycles. The van der Waals surface area contributed by atoms with E-state index in [0.29, 0.717) is 5.75 Å². The summed E-state index contributed by atoms with van der Waals surface area (Å²) in [5.41, 5.74) is 2.64. The Bertz CT molecular complexity index is 742. The van der Waals surface area contributed by atoms with Crippen molar-refractivity contribution in [2.75, 3.05) is 13.2 Å². The molecule has 0 unspecified atom stereocenters. The molecule has 1 heterocycles. The fourth-order valence-corrected chi connectivity index (χ4v) is 3.59. The van der Waals surface area contributed by atoms with E-state index < -0.39 is 5.97 Å². The second-order valence-corrected chi connectivity index (χ2v) is 7.02. The van der Waals surface area contributed by atoms with Gasteiger partial charge >= 0.3 is 5.97 Å². The number of nitrogens with one attached hydrogen (secondary N) is 1. The molecule has 5 nitrogen and oxygen atoms in total. The molecule has 132 valence electrons. The van der Waals surface area contributed by atoms with Crippen molar-refractivity contribution in [2.24, 2.45) is 0 Å². The van der Waals surface area contributed by atoms with Crippen LogP contribution in [0.25, 0.3) is 0 Å². The van der Waals surface area contributed by atoms with E-state index >= 15 is 0 Å². The number of fused-ring (bicyclic) bond motifs is 1. The zero-order chi connectivity index (χ0) is 17.6. The lowest BCUT2D eigenvalue weighted by Crippen LogP contribution is -2.31. The fraction of sp³-hybridized carbons (Fsp3) is 0.368. The smallest absolute Gasteiger partial charge is 0.344 e. The van der Waals surface area contributed by atoms with Crippen LogP contribution in [0.1, 0.15) is 35.4 Å². The topological polar surface area (TPSA) is 64.6 Å². The number of carbonyl (C=O) groups is 2. The Hall–Kier alpha value is -2.34. The van der Waals surface area contributed by atoms with Crippen LogP contribution in [-0.2, 0) is 27.2 Å². The minimum Gasteiger partial charge on any atom is -0.482 e. The maximum absolute atomic E-state index is 11.8. The van der Waals surface area contributed by atoms with Crippen molar-refractivity contribution in [3.05, 3.63) is 51.7 Å². The molecule has 1 amide bonds. The van der Waals surface area contributed by atoms with Crippen LogP contribution in [-0.4, -0.2) is 25.1 Å². The van der Waals surface area contributed by atoms with Crippen molar-refractivity contribution in [2.45, 2.75) is 32.2 Å². The molecule has 1 N–H and O–H groups in total. The average Bonchev–Trinajstić information content (AvgIpc) is 3.28. The number of hydrogen-bond donors (Lipinski definition) is 1. The van der Waals surface area contributed by atoms with Crippen LogP contribution in [0.4, 0.5) is 0 Å². The molecule has 0 saturated carbocycles. The minimum atomic E-state index is -0.556. The van der Waals surface area contributed by atoms with Gasteiger partial charge in [-0.2, -0.15) is 0 Å². The van der Waals surface area contributed by atoms with Gasteiger partial charge in [0.05, 0.1) is 6.04 Å². The number of thiophene rings is 1. The van der Waals surface area contributed by atoms with E-state index in [9.17, 15) is 9.59 Å². The number of aryl methyl sites for hydroxylation is 2. The first-order chi connectivity index (χ1) is 12.1. The molecule has 0 fully saturated rings. The van der Waals surface area contributed by atoms with Crippen LogP contribution in [0.15, 0.2) is 35.7 Å². The van der Waals surface area contributed by atoms with Crippen molar-refractivity contribution in [3.63, 3.8) is 0 Å². The Morgan fingerprint density at radius 2 is 2.04 bits per heavy atom. The molecule has 0 bridgehead atoms. The largest absolute Gasteiger partial charge is 0.482 e. The van der Waals surface area contributed by atoms with Gasteiger partial charge in [-0.3, -0.25) is 4.79 Å². The van der Waals surface area contributed by atoms with Crippen LogP contribution in [0.5, 0.6) is 5.75 Å². The zero-order valence-corrected chi connectivity index (χ0v) is 14.9. The Labute approximate surface area is 151 Å². The monoisotopic (exact) mass is 359 g/mol. The second-order valence-electron chi connectivity index (χ2n) is 6.04. The Balaban J connectivity index is 1.38. The summed E-state index contributed by atoms with van der Waals surface area (Å²) in [5.74, 6) is -0.223. The highest BCUT2D eigenvalue weighted by molar-refractivity contribution is 7.10. The third kappa shape index (κ3) is 4.82. The standard InChI is InChI=1S/C19H21NO4S/c1-13(17-6-3-9-25-17)20-18(21)11-24-19(22)12-23-16-8-7-14-4-2-5-15(14)10-16/h3,6-10,13H,2,4-5,11-12H2,1H3,(H,20,21)/t13-/m0/s1. The summed E-state index contributed by atoms with van der Waals surface area (Å²) in [4.78, 5) is 24.6. The van der Waals surface area contributed by atoms with E-state index in [0.717, 1.165) is 17.7 Å². The predicted octanol–water partition coefficient (Wildman–Crippen LogP) is 3.04. The second kappa shape index (κ2) is 8.16. The normalized spacial score (nSPS) is 13.8. The molecule has 0 spiro atoms. The number of rotatable bonds is 7. The van der Waals surface area contributed by atoms with Crippen LogP contribution < -0.4 is 10.1 Å². The number of amides is 1. The van der Waals surface area contributed by atoms with E-state index in [1.165, 1.54) is 17.5 Å². The van der Waals surface area contributed by atoms with Gasteiger partial charge in [0.1, 0.15) is 5.75 Å². The van der Waals surface area contributed by atoms with Gasteiger partial charge in [-0.05, 0) is 60.9 Å². The summed E-state index contributed by atoms with van der Waals surface area (Å²) in [6.45, 7) is 1.39. The summed E-state index contributed by atoms with van der Waals surface area (Å²) in [6, 6.07) is 9.67. The first kappa shape index (κ1) is 17.5. The lowest BCUT2D eigenvalue weighted by molar-refractivity contribution is -0.150. The van der Waals surface area contributed by atoms with Crippen LogP contribution in [0.2, 0.25) is 0 Å². The van der Waals surface area contributed by atoms with Crippen molar-refractivity contribution in [3.8, 4) is 5.75 Å². The molecule has 0 radical (unpaired) electrons. The van der Waals surface area contributed by atoms with E-state index in [4.69, 9.17) is 9.47 Å². The number of hydrogen-bond acceptors (Lipinski definition) is 5. The molecule has 6 heteroatoms. The molecular weight excluding hydrogens is 338 g/mol. The van der Waals surface area contributed by atoms with Gasteiger partial charge in [-0.25, -0.2) is 4.79 Å². The van der Waals surface area contributed by atoms with Crippen LogP contribution in [0.3, 0.4) is 0 Å². The highest BCUT2D eigenvalue weighted by atomic mass is 32.1. The van der Waals surface area contributed by atoms with Gasteiger partial charge in [-0.1, -0.05) is 12.1 Å². The Kier molecular flexibility index (Phi) is 5.71.